The first kappa shape index (κ1) is 26.1. The average Bonchev–Trinajstić information content (AvgIpc) is 3.35. The molecule has 0 spiro atoms. The number of thiophene rings is 1. The Balaban J connectivity index is 1.37. The van der Waals surface area contributed by atoms with Crippen molar-refractivity contribution in [3.63, 3.8) is 0 Å². The van der Waals surface area contributed by atoms with Crippen LogP contribution in [-0.2, 0) is 4.79 Å². The van der Waals surface area contributed by atoms with Gasteiger partial charge in [0.1, 0.15) is 16.9 Å². The van der Waals surface area contributed by atoms with Crippen LogP contribution in [0.2, 0.25) is 5.02 Å². The van der Waals surface area contributed by atoms with Gasteiger partial charge in [-0.05, 0) is 58.5 Å². The highest BCUT2D eigenvalue weighted by molar-refractivity contribution is 7.15. The molecule has 0 radical (unpaired) electrons. The highest BCUT2D eigenvalue weighted by Crippen LogP contribution is 2.40. The summed E-state index contributed by atoms with van der Waals surface area (Å²) in [5.41, 5.74) is 5.26. The third kappa shape index (κ3) is 5.53. The summed E-state index contributed by atoms with van der Waals surface area (Å²) in [5, 5.41) is 4.94. The monoisotopic (exact) mass is 538 g/mol. The van der Waals surface area contributed by atoms with E-state index in [4.69, 9.17) is 21.6 Å². The number of aromatic nitrogens is 2. The minimum atomic E-state index is -0.378. The molecular weight excluding hydrogens is 504 g/mol. The first-order valence-corrected chi connectivity index (χ1v) is 14.2. The van der Waals surface area contributed by atoms with Crippen LogP contribution in [0.5, 0.6) is 0 Å². The number of fused-ring (bicyclic) bond motifs is 3. The van der Waals surface area contributed by atoms with Crippen molar-refractivity contribution in [3.8, 4) is 5.00 Å². The van der Waals surface area contributed by atoms with Crippen LogP contribution in [0.1, 0.15) is 52.0 Å². The van der Waals surface area contributed by atoms with Crippen molar-refractivity contribution < 1.29 is 4.79 Å². The summed E-state index contributed by atoms with van der Waals surface area (Å²) in [6.45, 7) is 12.5. The molecule has 2 aliphatic heterocycles. The molecular formula is C28H35ClN6OS. The smallest absolute Gasteiger partial charge is 0.222 e. The Kier molecular flexibility index (Phi) is 7.81. The predicted molar refractivity (Wildman–Crippen MR) is 152 cm³/mol. The molecule has 5 rings (SSSR count). The fraction of sp³-hybridized carbons (Fsp3) is 0.464. The summed E-state index contributed by atoms with van der Waals surface area (Å²) in [7, 11) is 2.17. The van der Waals surface area contributed by atoms with E-state index in [1.54, 1.807) is 11.3 Å². The number of carbonyl (C=O) groups excluding carboxylic acids is 1. The van der Waals surface area contributed by atoms with Crippen molar-refractivity contribution in [1.29, 1.82) is 0 Å². The van der Waals surface area contributed by atoms with Gasteiger partial charge >= 0.3 is 0 Å². The summed E-state index contributed by atoms with van der Waals surface area (Å²) in [6, 6.07) is 7.42. The number of hydrogen-bond donors (Lipinski definition) is 1. The second-order valence-electron chi connectivity index (χ2n) is 10.1. The molecule has 0 bridgehead atoms. The van der Waals surface area contributed by atoms with Gasteiger partial charge in [0.05, 0.1) is 12.1 Å². The number of benzene rings is 1. The fourth-order valence-corrected chi connectivity index (χ4v) is 6.44. The molecule has 2 aliphatic rings. The van der Waals surface area contributed by atoms with Crippen molar-refractivity contribution in [2.75, 3.05) is 46.3 Å². The lowest BCUT2D eigenvalue weighted by atomic mass is 9.99. The number of halogens is 1. The highest BCUT2D eigenvalue weighted by atomic mass is 35.5. The molecule has 0 aliphatic carbocycles. The van der Waals surface area contributed by atoms with E-state index in [1.807, 2.05) is 30.5 Å². The number of imidazole rings is 1. The number of hydrogen-bond acceptors (Lipinski definition) is 6. The number of carbonyl (C=O) groups is 1. The maximum Gasteiger partial charge on any atom is 0.222 e. The maximum atomic E-state index is 13.1. The number of piperazine rings is 1. The summed E-state index contributed by atoms with van der Waals surface area (Å²) < 4.78 is 2.19. The Morgan fingerprint density at radius 1 is 1.14 bits per heavy atom. The van der Waals surface area contributed by atoms with Crippen LogP contribution < -0.4 is 5.32 Å². The van der Waals surface area contributed by atoms with Gasteiger partial charge in [-0.25, -0.2) is 4.98 Å². The van der Waals surface area contributed by atoms with Crippen LogP contribution >= 0.6 is 22.9 Å². The van der Waals surface area contributed by atoms with Gasteiger partial charge < -0.3 is 15.1 Å². The molecule has 7 nitrogen and oxygen atoms in total. The van der Waals surface area contributed by atoms with E-state index >= 15 is 0 Å². The van der Waals surface area contributed by atoms with Gasteiger partial charge in [-0.2, -0.15) is 0 Å². The molecule has 2 aromatic heterocycles. The number of rotatable bonds is 7. The Labute approximate surface area is 228 Å². The van der Waals surface area contributed by atoms with Crippen LogP contribution in [0.25, 0.3) is 5.00 Å². The molecule has 1 fully saturated rings. The lowest BCUT2D eigenvalue weighted by molar-refractivity contribution is -0.121. The molecule has 3 aromatic rings. The van der Waals surface area contributed by atoms with Gasteiger partial charge in [-0.1, -0.05) is 23.7 Å². The number of aryl methyl sites for hydroxylation is 2. The average molecular weight is 539 g/mol. The summed E-state index contributed by atoms with van der Waals surface area (Å²) >= 11 is 7.95. The normalized spacial score (nSPS) is 18.2. The molecule has 1 amide bonds. The topological polar surface area (TPSA) is 65.8 Å². The fourth-order valence-electron chi connectivity index (χ4n) is 5.09. The van der Waals surface area contributed by atoms with E-state index in [1.165, 1.54) is 10.4 Å². The Morgan fingerprint density at radius 2 is 1.86 bits per heavy atom. The largest absolute Gasteiger partial charge is 0.356 e. The quantitative estimate of drug-likeness (QED) is 0.448. The van der Waals surface area contributed by atoms with E-state index in [9.17, 15) is 4.79 Å². The lowest BCUT2D eigenvalue weighted by Crippen LogP contribution is -2.45. The van der Waals surface area contributed by atoms with Crippen molar-refractivity contribution in [1.82, 2.24) is 24.7 Å². The molecule has 1 unspecified atom stereocenters. The van der Waals surface area contributed by atoms with Crippen LogP contribution in [0.15, 0.2) is 35.5 Å². The summed E-state index contributed by atoms with van der Waals surface area (Å²) in [5.74, 6) is 0.824. The molecule has 1 N–H and O–H groups in total. The van der Waals surface area contributed by atoms with E-state index in [0.717, 1.165) is 72.5 Å². The van der Waals surface area contributed by atoms with E-state index in [-0.39, 0.29) is 18.4 Å². The Hall–Kier alpha value is -2.52. The predicted octanol–water partition coefficient (Wildman–Crippen LogP) is 4.55. The second-order valence-corrected chi connectivity index (χ2v) is 11.7. The number of nitrogens with zero attached hydrogens (tertiary/aromatic N) is 5. The zero-order chi connectivity index (χ0) is 26.1. The van der Waals surface area contributed by atoms with Gasteiger partial charge in [-0.3, -0.25) is 14.4 Å². The first-order chi connectivity index (χ1) is 17.8. The van der Waals surface area contributed by atoms with Gasteiger partial charge in [0.25, 0.3) is 0 Å². The zero-order valence-corrected chi connectivity index (χ0v) is 23.6. The van der Waals surface area contributed by atoms with Gasteiger partial charge in [0.15, 0.2) is 0 Å². The second kappa shape index (κ2) is 11.1. The minimum absolute atomic E-state index is 0.00736. The van der Waals surface area contributed by atoms with Crippen LogP contribution in [-0.4, -0.2) is 77.3 Å². The Bertz CT molecular complexity index is 1300. The summed E-state index contributed by atoms with van der Waals surface area (Å²) in [4.78, 5) is 29.1. The maximum absolute atomic E-state index is 13.1. The van der Waals surface area contributed by atoms with E-state index in [2.05, 4.69) is 47.5 Å². The first-order valence-electron chi connectivity index (χ1n) is 13.0. The molecule has 1 atom stereocenters. The van der Waals surface area contributed by atoms with Crippen molar-refractivity contribution >= 4 is 34.6 Å². The molecule has 9 heteroatoms. The van der Waals surface area contributed by atoms with E-state index in [0.29, 0.717) is 11.6 Å². The van der Waals surface area contributed by atoms with Gasteiger partial charge in [0, 0.05) is 65.6 Å². The highest BCUT2D eigenvalue weighted by Gasteiger charge is 2.31. The third-order valence-electron chi connectivity index (χ3n) is 7.42. The van der Waals surface area contributed by atoms with Gasteiger partial charge in [-0.15, -0.1) is 11.3 Å². The summed E-state index contributed by atoms with van der Waals surface area (Å²) in [6.07, 6.45) is 3.09. The number of aliphatic imine (C=N–C) groups is 1. The lowest BCUT2D eigenvalue weighted by Gasteiger charge is -2.32. The SMILES string of the molecule is Cc1sc2c(c1C)C(c1ccc(Cl)cc1)=NC(CC(=O)NCCCN1CCN(C)CC1)c1ncc(C)n1-2. The molecule has 0 saturated carbocycles. The van der Waals surface area contributed by atoms with Crippen molar-refractivity contribution in [2.24, 2.45) is 4.99 Å². The zero-order valence-electron chi connectivity index (χ0n) is 22.1. The molecule has 196 valence electrons. The third-order valence-corrected chi connectivity index (χ3v) is 8.87. The van der Waals surface area contributed by atoms with E-state index < -0.39 is 0 Å². The molecule has 1 saturated heterocycles. The van der Waals surface area contributed by atoms with Crippen LogP contribution in [0, 0.1) is 20.8 Å². The van der Waals surface area contributed by atoms with Crippen LogP contribution in [0.4, 0.5) is 0 Å². The molecule has 4 heterocycles. The number of likely N-dealkylation sites (N-methyl/N-ethyl adjacent to an activating group) is 1. The molecule has 1 aromatic carbocycles. The van der Waals surface area contributed by atoms with Crippen LogP contribution in [0.3, 0.4) is 0 Å². The minimum Gasteiger partial charge on any atom is -0.356 e. The number of nitrogens with one attached hydrogen (secondary N) is 1. The van der Waals surface area contributed by atoms with Crippen molar-refractivity contribution in [2.45, 2.75) is 39.7 Å². The Morgan fingerprint density at radius 3 is 2.59 bits per heavy atom. The number of amides is 1. The van der Waals surface area contributed by atoms with Gasteiger partial charge in [0.2, 0.25) is 5.91 Å². The van der Waals surface area contributed by atoms with Crippen molar-refractivity contribution in [3.05, 3.63) is 68.6 Å². The standard InChI is InChI=1S/C28H35ClN6OS/c1-18-17-31-27-23(16-24(36)30-10-5-11-34-14-12-33(4)13-15-34)32-26(21-6-8-22(29)9-7-21)25-19(2)20(3)37-28(25)35(18)27/h6-9,17,23H,5,10-16H2,1-4H3,(H,30,36). The molecule has 37 heavy (non-hydrogen) atoms.